The largest absolute Gasteiger partial charge is 0.533 e. The topological polar surface area (TPSA) is 146 Å². The second-order valence-electron chi connectivity index (χ2n) is 8.83. The van der Waals surface area contributed by atoms with Crippen molar-refractivity contribution in [3.63, 3.8) is 0 Å². The zero-order valence-corrected chi connectivity index (χ0v) is 28.4. The number of anilines is 1. The lowest BCUT2D eigenvalue weighted by atomic mass is 10.1. The molecule has 0 saturated carbocycles. The summed E-state index contributed by atoms with van der Waals surface area (Å²) in [7, 11) is -0.967. The summed E-state index contributed by atoms with van der Waals surface area (Å²) in [4.78, 5) is 40.6. The molecule has 2 heterocycles. The number of phosphoric acid groups is 1. The predicted octanol–water partition coefficient (Wildman–Crippen LogP) is 5.23. The average Bonchev–Trinajstić information content (AvgIpc) is 3.46. The zero-order valence-electron chi connectivity index (χ0n) is 23.5. The number of thiocarbonyl (C=S) groups is 2. The van der Waals surface area contributed by atoms with Gasteiger partial charge in [0.05, 0.1) is 27.7 Å². The Kier molecular flexibility index (Phi) is 12.7. The summed E-state index contributed by atoms with van der Waals surface area (Å²) in [5, 5.41) is 6.42. The van der Waals surface area contributed by atoms with Crippen molar-refractivity contribution in [2.75, 3.05) is 32.2 Å². The molecule has 0 spiro atoms. The quantitative estimate of drug-likeness (QED) is 0.0479. The number of aromatic amines is 2. The highest BCUT2D eigenvalue weighted by Gasteiger charge is 2.30. The van der Waals surface area contributed by atoms with E-state index in [2.05, 4.69) is 43.3 Å². The molecule has 1 saturated heterocycles. The zero-order chi connectivity index (χ0) is 31.7. The number of nitrogens with zero attached hydrogens (tertiary/aromatic N) is 2. The molecule has 2 aromatic carbocycles. The molecule has 1 fully saturated rings. The number of rotatable bonds is 7. The molecule has 1 amide bonds. The smallest absolute Gasteiger partial charge is 0.359 e. The van der Waals surface area contributed by atoms with Gasteiger partial charge in [0.1, 0.15) is 10.4 Å². The van der Waals surface area contributed by atoms with Crippen LogP contribution in [-0.4, -0.2) is 71.8 Å². The van der Waals surface area contributed by atoms with Gasteiger partial charge in [-0.05, 0) is 79.1 Å². The van der Waals surface area contributed by atoms with Crippen molar-refractivity contribution in [3.05, 3.63) is 57.2 Å². The number of nitrogens with one attached hydrogen (secondary N) is 4. The van der Waals surface area contributed by atoms with E-state index in [9.17, 15) is 9.36 Å². The summed E-state index contributed by atoms with van der Waals surface area (Å²) in [5.74, 6) is 0.0152. The third-order valence-corrected chi connectivity index (χ3v) is 8.72. The van der Waals surface area contributed by atoms with Gasteiger partial charge in [-0.25, -0.2) is 4.57 Å². The molecule has 0 radical (unpaired) electrons. The maximum atomic E-state index is 12.0. The van der Waals surface area contributed by atoms with Gasteiger partial charge in [0.2, 0.25) is 0 Å². The molecule has 11 nitrogen and oxygen atoms in total. The molecular formula is C26H29N6O5PS5. The number of aromatic nitrogens is 2. The van der Waals surface area contributed by atoms with Gasteiger partial charge >= 0.3 is 7.82 Å². The van der Waals surface area contributed by atoms with E-state index >= 15 is 0 Å². The number of phosphoric ester groups is 1. The number of amides is 1. The number of carbonyl (C=O) groups excluding carboxylic acids is 1. The number of hydrogen-bond acceptors (Lipinski definition) is 9. The normalized spacial score (nSPS) is 13.7. The molecule has 0 unspecified atom stereocenters. The molecule has 228 valence electrons. The van der Waals surface area contributed by atoms with Crippen molar-refractivity contribution in [1.82, 2.24) is 25.1 Å². The lowest BCUT2D eigenvalue weighted by molar-refractivity contribution is -0.121. The van der Waals surface area contributed by atoms with Crippen molar-refractivity contribution in [3.8, 4) is 12.2 Å². The fourth-order valence-corrected chi connectivity index (χ4v) is 5.78. The summed E-state index contributed by atoms with van der Waals surface area (Å²) in [6, 6.07) is 14.2. The van der Waals surface area contributed by atoms with Crippen molar-refractivity contribution in [2.24, 2.45) is 0 Å². The van der Waals surface area contributed by atoms with Crippen LogP contribution in [0.3, 0.4) is 0 Å². The van der Waals surface area contributed by atoms with Crippen molar-refractivity contribution in [1.29, 1.82) is 0 Å². The number of likely N-dealkylation sites (N-methyl/N-ethyl adjacent to an activating group) is 1. The summed E-state index contributed by atoms with van der Waals surface area (Å²) in [5.41, 5.74) is 3.92. The average molecular weight is 697 g/mol. The third-order valence-electron chi connectivity index (χ3n) is 5.55. The van der Waals surface area contributed by atoms with Crippen LogP contribution in [0.4, 0.5) is 5.69 Å². The number of benzene rings is 2. The summed E-state index contributed by atoms with van der Waals surface area (Å²) >= 11 is 18.5. The minimum Gasteiger partial charge on any atom is -0.359 e. The van der Waals surface area contributed by atoms with Gasteiger partial charge in [0.25, 0.3) is 5.91 Å². The third kappa shape index (κ3) is 10.4. The molecule has 17 heteroatoms. The first kappa shape index (κ1) is 34.6. The summed E-state index contributed by atoms with van der Waals surface area (Å²) < 4.78 is 15.8. The van der Waals surface area contributed by atoms with Crippen LogP contribution >= 0.6 is 68.0 Å². The Morgan fingerprint density at radius 3 is 2.51 bits per heavy atom. The van der Waals surface area contributed by atoms with Gasteiger partial charge in [-0.2, -0.15) is 0 Å². The number of thioether (sulfide) groups is 2. The van der Waals surface area contributed by atoms with Crippen LogP contribution in [0.5, 0.6) is 0 Å². The molecule has 4 rings (SSSR count). The molecule has 43 heavy (non-hydrogen) atoms. The lowest BCUT2D eigenvalue weighted by Gasteiger charge is -2.15. The van der Waals surface area contributed by atoms with Gasteiger partial charge < -0.3 is 30.0 Å². The number of H-pyrrole nitrogens is 2. The first-order valence-electron chi connectivity index (χ1n) is 12.4. The van der Waals surface area contributed by atoms with Crippen LogP contribution < -0.4 is 10.6 Å². The molecular weight excluding hydrogens is 668 g/mol. The molecule has 3 aromatic rings. The first-order chi connectivity index (χ1) is 20.3. The van der Waals surface area contributed by atoms with Crippen molar-refractivity contribution < 1.29 is 23.7 Å². The van der Waals surface area contributed by atoms with Crippen LogP contribution in [0.2, 0.25) is 0 Å². The standard InChI is InChI=1S/C13H16N5O4PS2.C13H13NOS3/c1-18(2)13(25)15-7-8-5-9(14-3-4-22-23(19,20)21)11-10(6-8)16-12(24)17-11;1-3-14-12(15)11(18-13(14)16)8-9-4-6-10(17-2)7-5-9/h5-6,14H,7H2,1-2H3,(H,15,25)(H2,16,17,24)(H2,19,20,21);4-8H,3H2,1-2H3/b;11-8-. The van der Waals surface area contributed by atoms with Crippen LogP contribution in [0.1, 0.15) is 18.1 Å². The molecule has 1 aromatic heterocycles. The second-order valence-corrected chi connectivity index (χ2v) is 13.3. The summed E-state index contributed by atoms with van der Waals surface area (Å²) in [6.07, 6.45) is 5.86. The Balaban J connectivity index is 0.000000248. The highest BCUT2D eigenvalue weighted by Crippen LogP contribution is 2.35. The first-order valence-corrected chi connectivity index (χ1v) is 17.2. The molecule has 0 bridgehead atoms. The Bertz CT molecular complexity index is 1700. The van der Waals surface area contributed by atoms with E-state index < -0.39 is 7.82 Å². The van der Waals surface area contributed by atoms with Gasteiger partial charge in [-0.3, -0.25) is 19.5 Å². The molecule has 0 atom stereocenters. The van der Waals surface area contributed by atoms with E-state index in [1.165, 1.54) is 16.7 Å². The highest BCUT2D eigenvalue weighted by molar-refractivity contribution is 8.26. The Hall–Kier alpha value is -2.87. The van der Waals surface area contributed by atoms with Crippen LogP contribution in [0.15, 0.2) is 46.2 Å². The van der Waals surface area contributed by atoms with Crippen molar-refractivity contribution >= 4 is 106 Å². The van der Waals surface area contributed by atoms with Gasteiger partial charge in [-0.15, -0.1) is 11.8 Å². The molecule has 1 aliphatic rings. The van der Waals surface area contributed by atoms with E-state index in [0.717, 1.165) is 16.6 Å². The van der Waals surface area contributed by atoms with E-state index in [-0.39, 0.29) is 5.91 Å². The van der Waals surface area contributed by atoms with Gasteiger partial charge in [0, 0.05) is 32.1 Å². The summed E-state index contributed by atoms with van der Waals surface area (Å²) in [6.45, 7) is 3.04. The molecule has 1 aliphatic heterocycles. The number of fused-ring (bicyclic) bond motifs is 1. The predicted molar refractivity (Wildman–Crippen MR) is 185 cm³/mol. The Morgan fingerprint density at radius 1 is 1.23 bits per heavy atom. The fourth-order valence-electron chi connectivity index (χ4n) is 3.54. The second kappa shape index (κ2) is 15.7. The van der Waals surface area contributed by atoms with E-state index in [1.54, 1.807) is 27.6 Å². The Labute approximate surface area is 273 Å². The maximum absolute atomic E-state index is 12.0. The van der Waals surface area contributed by atoms with Crippen LogP contribution in [0, 0.1) is 16.9 Å². The van der Waals surface area contributed by atoms with E-state index in [1.807, 2.05) is 57.7 Å². The van der Waals surface area contributed by atoms with Gasteiger partial charge in [0.15, 0.2) is 9.88 Å². The van der Waals surface area contributed by atoms with Crippen molar-refractivity contribution in [2.45, 2.75) is 18.4 Å². The van der Waals surface area contributed by atoms with E-state index in [4.69, 9.17) is 46.4 Å². The number of carbonyl (C=O) groups is 1. The van der Waals surface area contributed by atoms with Gasteiger partial charge in [-0.1, -0.05) is 36.1 Å². The van der Waals surface area contributed by atoms with Crippen LogP contribution in [-0.2, 0) is 20.4 Å². The SMILES string of the molecule is CCN1C(=O)/C(=C/c2ccc(SC)cc2)SC1=S.CN(C)C(=S)NCc1cc(NC#COP(=O)(O)O)c2[nH]c(=S)[nH]c2c1. The molecule has 0 aliphatic carbocycles. The fraction of sp³-hybridized carbons (Fsp3) is 0.231. The van der Waals surface area contributed by atoms with E-state index in [0.29, 0.717) is 43.4 Å². The minimum absolute atomic E-state index is 0.0152. The number of imidazole rings is 1. The monoisotopic (exact) mass is 696 g/mol. The lowest BCUT2D eigenvalue weighted by Crippen LogP contribution is -2.33. The highest BCUT2D eigenvalue weighted by atomic mass is 32.2. The molecule has 6 N–H and O–H groups in total. The maximum Gasteiger partial charge on any atom is 0.533 e. The van der Waals surface area contributed by atoms with Crippen LogP contribution in [0.25, 0.3) is 17.1 Å². The number of hydrogen-bond donors (Lipinski definition) is 6. The minimum atomic E-state index is -4.64. The Morgan fingerprint density at radius 2 is 1.93 bits per heavy atom.